The van der Waals surface area contributed by atoms with Crippen LogP contribution in [0.1, 0.15) is 17.0 Å². The molecule has 0 fully saturated rings. The Bertz CT molecular complexity index is 866. The predicted molar refractivity (Wildman–Crippen MR) is 83.7 cm³/mol. The van der Waals surface area contributed by atoms with Gasteiger partial charge in [0.15, 0.2) is 11.6 Å². The minimum atomic E-state index is -0.437. The van der Waals surface area contributed by atoms with E-state index in [0.29, 0.717) is 17.0 Å². The highest BCUT2D eigenvalue weighted by atomic mass is 19.1. The smallest absolute Gasteiger partial charge is 0.165 e. The summed E-state index contributed by atoms with van der Waals surface area (Å²) in [5.74, 6) is -0.289. The van der Waals surface area contributed by atoms with Gasteiger partial charge in [0.1, 0.15) is 18.2 Å². The number of para-hydroxylation sites is 2. The van der Waals surface area contributed by atoms with E-state index in [0.717, 1.165) is 5.69 Å². The lowest BCUT2D eigenvalue weighted by atomic mass is 10.2. The molecule has 5 heteroatoms. The van der Waals surface area contributed by atoms with Gasteiger partial charge in [-0.2, -0.15) is 10.4 Å². The van der Waals surface area contributed by atoms with E-state index in [4.69, 9.17) is 4.74 Å². The van der Waals surface area contributed by atoms with Crippen LogP contribution in [0.15, 0.2) is 54.6 Å². The van der Waals surface area contributed by atoms with Crippen LogP contribution >= 0.6 is 0 Å². The molecule has 3 aromatic rings. The number of aryl methyl sites for hydroxylation is 1. The van der Waals surface area contributed by atoms with Crippen LogP contribution in [0, 0.1) is 24.1 Å². The summed E-state index contributed by atoms with van der Waals surface area (Å²) < 4.78 is 20.9. The van der Waals surface area contributed by atoms with E-state index in [1.54, 1.807) is 29.8 Å². The van der Waals surface area contributed by atoms with Crippen molar-refractivity contribution in [2.24, 2.45) is 0 Å². The molecule has 0 spiro atoms. The quantitative estimate of drug-likeness (QED) is 0.737. The standard InChI is InChI=1S/C18H14FN3O/c1-13-15(11-20)17(12-23-18-10-6-5-9-16(18)19)22(21-13)14-7-3-2-4-8-14/h2-10H,12H2,1H3. The Morgan fingerprint density at radius 3 is 2.52 bits per heavy atom. The number of nitrogens with zero attached hydrogens (tertiary/aromatic N) is 3. The fourth-order valence-corrected chi connectivity index (χ4v) is 2.34. The molecule has 3 rings (SSSR count). The van der Waals surface area contributed by atoms with Crippen molar-refractivity contribution in [1.29, 1.82) is 5.26 Å². The lowest BCUT2D eigenvalue weighted by Crippen LogP contribution is -2.07. The number of aromatic nitrogens is 2. The van der Waals surface area contributed by atoms with Gasteiger partial charge >= 0.3 is 0 Å². The van der Waals surface area contributed by atoms with E-state index in [1.807, 2.05) is 30.3 Å². The van der Waals surface area contributed by atoms with Gasteiger partial charge in [0.2, 0.25) is 0 Å². The Morgan fingerprint density at radius 2 is 1.83 bits per heavy atom. The minimum absolute atomic E-state index is 0.0551. The predicted octanol–water partition coefficient (Wildman–Crippen LogP) is 3.77. The summed E-state index contributed by atoms with van der Waals surface area (Å²) in [6.45, 7) is 1.82. The number of benzene rings is 2. The molecule has 0 aliphatic rings. The topological polar surface area (TPSA) is 50.8 Å². The van der Waals surface area contributed by atoms with E-state index in [2.05, 4.69) is 11.2 Å². The van der Waals surface area contributed by atoms with Crippen molar-refractivity contribution in [3.8, 4) is 17.5 Å². The van der Waals surface area contributed by atoms with E-state index in [-0.39, 0.29) is 12.4 Å². The van der Waals surface area contributed by atoms with Crippen molar-refractivity contribution in [2.45, 2.75) is 13.5 Å². The fourth-order valence-electron chi connectivity index (χ4n) is 2.34. The molecule has 114 valence electrons. The van der Waals surface area contributed by atoms with Crippen molar-refractivity contribution in [3.63, 3.8) is 0 Å². The van der Waals surface area contributed by atoms with Crippen LogP contribution in [-0.2, 0) is 6.61 Å². The highest BCUT2D eigenvalue weighted by molar-refractivity contribution is 5.43. The number of ether oxygens (including phenoxy) is 1. The molecule has 0 N–H and O–H groups in total. The monoisotopic (exact) mass is 307 g/mol. The second-order valence-corrected chi connectivity index (χ2v) is 4.99. The zero-order chi connectivity index (χ0) is 16.2. The molecule has 23 heavy (non-hydrogen) atoms. The van der Waals surface area contributed by atoms with Gasteiger partial charge in [0.25, 0.3) is 0 Å². The van der Waals surface area contributed by atoms with E-state index >= 15 is 0 Å². The molecule has 0 bridgehead atoms. The summed E-state index contributed by atoms with van der Waals surface area (Å²) in [7, 11) is 0. The lowest BCUT2D eigenvalue weighted by molar-refractivity contribution is 0.282. The molecule has 1 aromatic heterocycles. The van der Waals surface area contributed by atoms with Crippen LogP contribution in [0.4, 0.5) is 4.39 Å². The van der Waals surface area contributed by atoms with Crippen LogP contribution in [-0.4, -0.2) is 9.78 Å². The third-order valence-corrected chi connectivity index (χ3v) is 3.47. The van der Waals surface area contributed by atoms with Gasteiger partial charge in [-0.3, -0.25) is 0 Å². The van der Waals surface area contributed by atoms with Crippen molar-refractivity contribution in [1.82, 2.24) is 9.78 Å². The molecule has 1 heterocycles. The van der Waals surface area contributed by atoms with E-state index < -0.39 is 5.82 Å². The molecule has 0 saturated carbocycles. The Kier molecular flexibility index (Phi) is 4.07. The van der Waals surface area contributed by atoms with Crippen molar-refractivity contribution >= 4 is 0 Å². The molecular formula is C18H14FN3O. The number of nitriles is 1. The minimum Gasteiger partial charge on any atom is -0.484 e. The molecule has 0 saturated heterocycles. The Balaban J connectivity index is 1.98. The van der Waals surface area contributed by atoms with Crippen LogP contribution in [0.3, 0.4) is 0 Å². The van der Waals surface area contributed by atoms with Crippen LogP contribution < -0.4 is 4.74 Å². The van der Waals surface area contributed by atoms with E-state index in [1.165, 1.54) is 6.07 Å². The van der Waals surface area contributed by atoms with Gasteiger partial charge in [0.05, 0.1) is 17.1 Å². The largest absolute Gasteiger partial charge is 0.484 e. The van der Waals surface area contributed by atoms with Gasteiger partial charge in [-0.1, -0.05) is 30.3 Å². The SMILES string of the molecule is Cc1nn(-c2ccccc2)c(COc2ccccc2F)c1C#N. The van der Waals surface area contributed by atoms with Gasteiger partial charge in [-0.25, -0.2) is 9.07 Å². The summed E-state index contributed by atoms with van der Waals surface area (Å²) in [4.78, 5) is 0. The second kappa shape index (κ2) is 6.32. The molecule has 0 atom stereocenters. The molecule has 0 amide bonds. The van der Waals surface area contributed by atoms with Gasteiger partial charge < -0.3 is 4.74 Å². The van der Waals surface area contributed by atoms with Crippen molar-refractivity contribution in [3.05, 3.63) is 77.4 Å². The summed E-state index contributed by atoms with van der Waals surface area (Å²) in [6, 6.07) is 17.8. The zero-order valence-electron chi connectivity index (χ0n) is 12.5. The number of hydrogen-bond acceptors (Lipinski definition) is 3. The molecule has 0 unspecified atom stereocenters. The van der Waals surface area contributed by atoms with Crippen LogP contribution in [0.25, 0.3) is 5.69 Å². The number of rotatable bonds is 4. The maximum atomic E-state index is 13.7. The lowest BCUT2D eigenvalue weighted by Gasteiger charge is -2.10. The first-order chi connectivity index (χ1) is 11.2. The summed E-state index contributed by atoms with van der Waals surface area (Å²) >= 11 is 0. The van der Waals surface area contributed by atoms with Gasteiger partial charge in [-0.05, 0) is 31.2 Å². The van der Waals surface area contributed by atoms with E-state index in [9.17, 15) is 9.65 Å². The molecule has 4 nitrogen and oxygen atoms in total. The Morgan fingerprint density at radius 1 is 1.13 bits per heavy atom. The average molecular weight is 307 g/mol. The summed E-state index contributed by atoms with van der Waals surface area (Å²) in [6.07, 6.45) is 0. The third kappa shape index (κ3) is 2.92. The van der Waals surface area contributed by atoms with Crippen LogP contribution in [0.5, 0.6) is 5.75 Å². The average Bonchev–Trinajstić information content (AvgIpc) is 2.90. The van der Waals surface area contributed by atoms with Crippen LogP contribution in [0.2, 0.25) is 0 Å². The molecule has 0 aliphatic heterocycles. The van der Waals surface area contributed by atoms with Crippen molar-refractivity contribution < 1.29 is 9.13 Å². The fraction of sp³-hybridized carbons (Fsp3) is 0.111. The van der Waals surface area contributed by atoms with Gasteiger partial charge in [0, 0.05) is 0 Å². The Labute approximate surface area is 133 Å². The first kappa shape index (κ1) is 14.8. The highest BCUT2D eigenvalue weighted by Gasteiger charge is 2.17. The highest BCUT2D eigenvalue weighted by Crippen LogP contribution is 2.22. The summed E-state index contributed by atoms with van der Waals surface area (Å²) in [5, 5.41) is 13.8. The first-order valence-electron chi connectivity index (χ1n) is 7.12. The normalized spacial score (nSPS) is 10.3. The Hall–Kier alpha value is -3.13. The maximum absolute atomic E-state index is 13.7. The molecule has 2 aromatic carbocycles. The third-order valence-electron chi connectivity index (χ3n) is 3.47. The molecule has 0 aliphatic carbocycles. The number of hydrogen-bond donors (Lipinski definition) is 0. The first-order valence-corrected chi connectivity index (χ1v) is 7.12. The molecular weight excluding hydrogens is 293 g/mol. The van der Waals surface area contributed by atoms with Crippen molar-refractivity contribution in [2.75, 3.05) is 0 Å². The maximum Gasteiger partial charge on any atom is 0.165 e. The van der Waals surface area contributed by atoms with Gasteiger partial charge in [-0.15, -0.1) is 0 Å². The number of halogens is 1. The zero-order valence-corrected chi connectivity index (χ0v) is 12.5. The summed E-state index contributed by atoms with van der Waals surface area (Å²) in [5.41, 5.74) is 2.48. The second-order valence-electron chi connectivity index (χ2n) is 4.99. The molecule has 0 radical (unpaired) electrons.